The summed E-state index contributed by atoms with van der Waals surface area (Å²) in [5.41, 5.74) is 1.22. The van der Waals surface area contributed by atoms with Crippen molar-refractivity contribution in [3.8, 4) is 0 Å². The van der Waals surface area contributed by atoms with Crippen molar-refractivity contribution in [3.05, 3.63) is 30.3 Å². The minimum atomic E-state index is 0.708. The molecular formula is C14H23NO. The number of nitrogens with one attached hydrogen (secondary N) is 1. The Morgan fingerprint density at radius 1 is 1.12 bits per heavy atom. The lowest BCUT2D eigenvalue weighted by Gasteiger charge is -2.03. The number of rotatable bonds is 6. The first kappa shape index (κ1) is 14.7. The van der Waals surface area contributed by atoms with Gasteiger partial charge in [-0.3, -0.25) is 0 Å². The number of unbranched alkanes of at least 4 members (excludes halogenated alkanes) is 2. The van der Waals surface area contributed by atoms with Gasteiger partial charge in [0, 0.05) is 18.7 Å². The zero-order chi connectivity index (χ0) is 12.1. The molecule has 2 nitrogen and oxygen atoms in total. The van der Waals surface area contributed by atoms with E-state index in [-0.39, 0.29) is 0 Å². The van der Waals surface area contributed by atoms with Gasteiger partial charge in [0.15, 0.2) is 0 Å². The molecule has 1 aromatic carbocycles. The second-order valence-corrected chi connectivity index (χ2v) is 3.60. The maximum atomic E-state index is 9.40. The number of anilines is 1. The molecule has 0 atom stereocenters. The fourth-order valence-corrected chi connectivity index (χ4v) is 1.08. The van der Waals surface area contributed by atoms with E-state index in [1.165, 1.54) is 18.5 Å². The van der Waals surface area contributed by atoms with E-state index < -0.39 is 0 Å². The van der Waals surface area contributed by atoms with Gasteiger partial charge in [0.1, 0.15) is 6.29 Å². The van der Waals surface area contributed by atoms with Crippen LogP contribution in [0.5, 0.6) is 0 Å². The number of carbonyl (C=O) groups excluding carboxylic acids is 1. The first-order chi connectivity index (χ1) is 7.85. The molecule has 0 fully saturated rings. The van der Waals surface area contributed by atoms with Crippen molar-refractivity contribution in [1.82, 2.24) is 0 Å². The Morgan fingerprint density at radius 3 is 2.25 bits per heavy atom. The third kappa shape index (κ3) is 9.25. The molecule has 0 aliphatic carbocycles. The van der Waals surface area contributed by atoms with Crippen molar-refractivity contribution in [1.29, 1.82) is 0 Å². The molecule has 0 saturated heterocycles. The summed E-state index contributed by atoms with van der Waals surface area (Å²) in [6, 6.07) is 10.3. The average Bonchev–Trinajstić information content (AvgIpc) is 2.33. The van der Waals surface area contributed by atoms with E-state index in [9.17, 15) is 4.79 Å². The van der Waals surface area contributed by atoms with E-state index in [2.05, 4.69) is 24.4 Å². The first-order valence-electron chi connectivity index (χ1n) is 6.07. The van der Waals surface area contributed by atoms with Crippen LogP contribution >= 0.6 is 0 Å². The maximum Gasteiger partial charge on any atom is 0.119 e. The molecule has 0 aromatic heterocycles. The Hall–Kier alpha value is -1.31. The largest absolute Gasteiger partial charge is 0.385 e. The lowest BCUT2D eigenvalue weighted by molar-refractivity contribution is -0.107. The van der Waals surface area contributed by atoms with Gasteiger partial charge in [0.25, 0.3) is 0 Å². The van der Waals surface area contributed by atoms with E-state index in [4.69, 9.17) is 0 Å². The van der Waals surface area contributed by atoms with Crippen LogP contribution in [0.2, 0.25) is 0 Å². The Kier molecular flexibility index (Phi) is 10.8. The lowest BCUT2D eigenvalue weighted by Crippen LogP contribution is -1.99. The van der Waals surface area contributed by atoms with Crippen LogP contribution in [0.3, 0.4) is 0 Å². The van der Waals surface area contributed by atoms with Gasteiger partial charge in [-0.1, -0.05) is 38.5 Å². The van der Waals surface area contributed by atoms with Crippen LogP contribution in [-0.4, -0.2) is 12.8 Å². The molecule has 0 heterocycles. The van der Waals surface area contributed by atoms with E-state index >= 15 is 0 Å². The molecule has 0 radical (unpaired) electrons. The van der Waals surface area contributed by atoms with Crippen molar-refractivity contribution in [2.45, 2.75) is 39.5 Å². The molecule has 1 N–H and O–H groups in total. The lowest BCUT2D eigenvalue weighted by atomic mass is 10.3. The van der Waals surface area contributed by atoms with Gasteiger partial charge in [-0.05, 0) is 25.0 Å². The predicted octanol–water partition coefficient (Wildman–Crippen LogP) is 3.88. The predicted molar refractivity (Wildman–Crippen MR) is 70.8 cm³/mol. The third-order valence-electron chi connectivity index (χ3n) is 2.04. The van der Waals surface area contributed by atoms with Gasteiger partial charge in [-0.25, -0.2) is 0 Å². The van der Waals surface area contributed by atoms with Gasteiger partial charge in [-0.15, -0.1) is 0 Å². The summed E-state index contributed by atoms with van der Waals surface area (Å²) in [5.74, 6) is 0. The van der Waals surface area contributed by atoms with Crippen LogP contribution in [0.4, 0.5) is 5.69 Å². The van der Waals surface area contributed by atoms with Crippen molar-refractivity contribution < 1.29 is 4.79 Å². The van der Waals surface area contributed by atoms with E-state index in [0.29, 0.717) is 6.42 Å². The van der Waals surface area contributed by atoms with E-state index in [0.717, 1.165) is 19.3 Å². The topological polar surface area (TPSA) is 29.1 Å². The summed E-state index contributed by atoms with van der Waals surface area (Å²) in [7, 11) is 0. The van der Waals surface area contributed by atoms with E-state index in [1.807, 2.05) is 25.1 Å². The van der Waals surface area contributed by atoms with Gasteiger partial charge in [-0.2, -0.15) is 0 Å². The van der Waals surface area contributed by atoms with Crippen LogP contribution < -0.4 is 5.32 Å². The quantitative estimate of drug-likeness (QED) is 0.583. The average molecular weight is 221 g/mol. The SMILES string of the molecule is CCCC=O.CCCCNc1ccccc1. The Labute approximate surface area is 99.1 Å². The van der Waals surface area contributed by atoms with E-state index in [1.54, 1.807) is 0 Å². The molecule has 1 rings (SSSR count). The van der Waals surface area contributed by atoms with Crippen molar-refractivity contribution in [2.75, 3.05) is 11.9 Å². The molecule has 16 heavy (non-hydrogen) atoms. The summed E-state index contributed by atoms with van der Waals surface area (Å²) < 4.78 is 0. The molecule has 0 amide bonds. The highest BCUT2D eigenvalue weighted by Crippen LogP contribution is 2.04. The molecule has 0 spiro atoms. The molecule has 0 bridgehead atoms. The zero-order valence-corrected chi connectivity index (χ0v) is 10.4. The number of para-hydroxylation sites is 1. The number of hydrogen-bond acceptors (Lipinski definition) is 2. The monoisotopic (exact) mass is 221 g/mol. The van der Waals surface area contributed by atoms with Crippen LogP contribution in [0.25, 0.3) is 0 Å². The van der Waals surface area contributed by atoms with Crippen molar-refractivity contribution >= 4 is 12.0 Å². The first-order valence-corrected chi connectivity index (χ1v) is 6.07. The number of benzene rings is 1. The number of carbonyl (C=O) groups is 1. The summed E-state index contributed by atoms with van der Waals surface area (Å²) in [6.45, 7) is 5.27. The zero-order valence-electron chi connectivity index (χ0n) is 10.4. The molecule has 0 saturated carbocycles. The van der Waals surface area contributed by atoms with Gasteiger partial charge in [0.2, 0.25) is 0 Å². The van der Waals surface area contributed by atoms with Gasteiger partial charge in [0.05, 0.1) is 0 Å². The van der Waals surface area contributed by atoms with Crippen molar-refractivity contribution in [2.24, 2.45) is 0 Å². The van der Waals surface area contributed by atoms with Crippen LogP contribution in [0.1, 0.15) is 39.5 Å². The normalized spacial score (nSPS) is 8.88. The van der Waals surface area contributed by atoms with Crippen LogP contribution in [-0.2, 0) is 4.79 Å². The standard InChI is InChI=1S/C10H15N.C4H8O/c1-2-3-9-11-10-7-5-4-6-8-10;1-2-3-4-5/h4-8,11H,2-3,9H2,1H3;4H,2-3H2,1H3. The second-order valence-electron chi connectivity index (χ2n) is 3.60. The minimum Gasteiger partial charge on any atom is -0.385 e. The maximum absolute atomic E-state index is 9.40. The van der Waals surface area contributed by atoms with Crippen molar-refractivity contribution in [3.63, 3.8) is 0 Å². The van der Waals surface area contributed by atoms with Crippen LogP contribution in [0.15, 0.2) is 30.3 Å². The Bertz CT molecular complexity index is 246. The summed E-state index contributed by atoms with van der Waals surface area (Å²) in [5, 5.41) is 3.35. The molecule has 0 aliphatic rings. The summed E-state index contributed by atoms with van der Waals surface area (Å²) in [4.78, 5) is 9.40. The number of hydrogen-bond donors (Lipinski definition) is 1. The molecule has 0 aliphatic heterocycles. The smallest absolute Gasteiger partial charge is 0.119 e. The molecule has 1 aromatic rings. The Morgan fingerprint density at radius 2 is 1.81 bits per heavy atom. The second kappa shape index (κ2) is 11.8. The fraction of sp³-hybridized carbons (Fsp3) is 0.500. The van der Waals surface area contributed by atoms with Crippen LogP contribution in [0, 0.1) is 0 Å². The van der Waals surface area contributed by atoms with Gasteiger partial charge >= 0.3 is 0 Å². The molecule has 2 heteroatoms. The third-order valence-corrected chi connectivity index (χ3v) is 2.04. The fourth-order valence-electron chi connectivity index (χ4n) is 1.08. The summed E-state index contributed by atoms with van der Waals surface area (Å²) in [6.07, 6.45) is 5.11. The summed E-state index contributed by atoms with van der Waals surface area (Å²) >= 11 is 0. The number of aldehydes is 1. The van der Waals surface area contributed by atoms with Gasteiger partial charge < -0.3 is 10.1 Å². The molecule has 90 valence electrons. The Balaban J connectivity index is 0.000000385. The highest BCUT2D eigenvalue weighted by molar-refractivity contribution is 5.48. The molecule has 0 unspecified atom stereocenters. The highest BCUT2D eigenvalue weighted by atomic mass is 16.1. The minimum absolute atomic E-state index is 0.708. The molecular weight excluding hydrogens is 198 g/mol. The highest BCUT2D eigenvalue weighted by Gasteiger charge is 1.86.